The first-order valence-corrected chi connectivity index (χ1v) is 9.75. The summed E-state index contributed by atoms with van der Waals surface area (Å²) in [7, 11) is 1.31. The van der Waals surface area contributed by atoms with Gasteiger partial charge in [-0.1, -0.05) is 30.3 Å². The molecule has 0 aliphatic carbocycles. The molecule has 1 fully saturated rings. The van der Waals surface area contributed by atoms with Crippen LogP contribution in [0.2, 0.25) is 0 Å². The van der Waals surface area contributed by atoms with Crippen LogP contribution in [0.5, 0.6) is 0 Å². The fourth-order valence-corrected chi connectivity index (χ4v) is 3.46. The van der Waals surface area contributed by atoms with Gasteiger partial charge in [0.25, 0.3) is 5.91 Å². The van der Waals surface area contributed by atoms with Crippen LogP contribution in [0.1, 0.15) is 27.2 Å². The van der Waals surface area contributed by atoms with Crippen molar-refractivity contribution in [3.63, 3.8) is 0 Å². The Labute approximate surface area is 183 Å². The van der Waals surface area contributed by atoms with Gasteiger partial charge in [0.05, 0.1) is 19.2 Å². The second-order valence-corrected chi connectivity index (χ2v) is 7.14. The van der Waals surface area contributed by atoms with Gasteiger partial charge in [-0.15, -0.1) is 0 Å². The zero-order chi connectivity index (χ0) is 22.8. The molecule has 0 radical (unpaired) electrons. The minimum atomic E-state index is -0.641. The van der Waals surface area contributed by atoms with E-state index in [-0.39, 0.29) is 17.8 Å². The highest BCUT2D eigenvalue weighted by molar-refractivity contribution is 6.13. The monoisotopic (exact) mass is 434 g/mol. The van der Waals surface area contributed by atoms with Crippen LogP contribution in [0.25, 0.3) is 17.4 Å². The van der Waals surface area contributed by atoms with Gasteiger partial charge in [-0.2, -0.15) is 0 Å². The van der Waals surface area contributed by atoms with Gasteiger partial charge in [-0.25, -0.2) is 14.0 Å². The third-order valence-electron chi connectivity index (χ3n) is 5.17. The lowest BCUT2D eigenvalue weighted by Gasteiger charge is -2.12. The molecule has 162 valence electrons. The summed E-state index contributed by atoms with van der Waals surface area (Å²) in [5, 5.41) is 2.49. The van der Waals surface area contributed by atoms with Gasteiger partial charge in [-0.3, -0.25) is 9.69 Å². The molecule has 2 heterocycles. The first-order chi connectivity index (χ1) is 15.4. The maximum absolute atomic E-state index is 13.9. The number of rotatable bonds is 5. The molecular weight excluding hydrogens is 415 g/mol. The topological polar surface area (TPSA) is 88.9 Å². The van der Waals surface area contributed by atoms with Gasteiger partial charge in [0.2, 0.25) is 0 Å². The number of furan rings is 1. The molecule has 32 heavy (non-hydrogen) atoms. The quantitative estimate of drug-likeness (QED) is 0.368. The largest absolute Gasteiger partial charge is 0.465 e. The van der Waals surface area contributed by atoms with Crippen molar-refractivity contribution in [2.45, 2.75) is 13.5 Å². The second-order valence-electron chi connectivity index (χ2n) is 7.14. The highest BCUT2D eigenvalue weighted by Gasteiger charge is 2.34. The van der Waals surface area contributed by atoms with Crippen LogP contribution in [-0.4, -0.2) is 29.9 Å². The van der Waals surface area contributed by atoms with Crippen molar-refractivity contribution in [1.29, 1.82) is 0 Å². The molecular formula is C24H19FN2O5. The molecule has 0 bridgehead atoms. The zero-order valence-electron chi connectivity index (χ0n) is 17.3. The summed E-state index contributed by atoms with van der Waals surface area (Å²) < 4.78 is 24.5. The molecule has 2 aromatic carbocycles. The number of amides is 3. The third-order valence-corrected chi connectivity index (χ3v) is 5.17. The van der Waals surface area contributed by atoms with Gasteiger partial charge >= 0.3 is 12.0 Å². The summed E-state index contributed by atoms with van der Waals surface area (Å²) in [5.74, 6) is -0.711. The number of hydrogen-bond acceptors (Lipinski definition) is 5. The van der Waals surface area contributed by atoms with E-state index in [1.807, 2.05) is 0 Å². The minimum Gasteiger partial charge on any atom is -0.465 e. The molecule has 0 unspecified atom stereocenters. The molecule has 3 aromatic rings. The molecule has 3 amide bonds. The number of hydrogen-bond donors (Lipinski definition) is 1. The molecule has 7 nitrogen and oxygen atoms in total. The Balaban J connectivity index is 1.58. The Kier molecular flexibility index (Phi) is 5.59. The molecule has 0 spiro atoms. The van der Waals surface area contributed by atoms with E-state index in [2.05, 4.69) is 5.32 Å². The first kappa shape index (κ1) is 21.0. The van der Waals surface area contributed by atoms with E-state index in [0.29, 0.717) is 28.2 Å². The van der Waals surface area contributed by atoms with Gasteiger partial charge in [-0.05, 0) is 36.8 Å². The van der Waals surface area contributed by atoms with Crippen molar-refractivity contribution < 1.29 is 27.9 Å². The fourth-order valence-electron chi connectivity index (χ4n) is 3.46. The van der Waals surface area contributed by atoms with Crippen molar-refractivity contribution in [2.75, 3.05) is 7.11 Å². The lowest BCUT2D eigenvalue weighted by atomic mass is 10.0. The summed E-state index contributed by atoms with van der Waals surface area (Å²) in [6.45, 7) is 1.60. The van der Waals surface area contributed by atoms with Crippen LogP contribution in [0.3, 0.4) is 0 Å². The predicted octanol–water partition coefficient (Wildman–Crippen LogP) is 4.27. The lowest BCUT2D eigenvalue weighted by Crippen LogP contribution is -2.30. The summed E-state index contributed by atoms with van der Waals surface area (Å²) in [6, 6.07) is 13.8. The van der Waals surface area contributed by atoms with Crippen LogP contribution in [-0.2, 0) is 16.1 Å². The van der Waals surface area contributed by atoms with E-state index in [1.54, 1.807) is 43.3 Å². The fraction of sp³-hybridized carbons (Fsp3) is 0.125. The van der Waals surface area contributed by atoms with Crippen LogP contribution in [0.4, 0.5) is 9.18 Å². The summed E-state index contributed by atoms with van der Waals surface area (Å²) in [4.78, 5) is 37.8. The standard InChI is InChI=1S/C24H19FN2O5/c1-14-17(7-5-8-18(14)23(29)31-2)21-11-10-16(32-21)12-20-22(28)27(24(30)26-20)13-15-6-3-4-9-19(15)25/h3-12H,13H2,1-2H3,(H,26,30)/b20-12+. The van der Waals surface area contributed by atoms with Gasteiger partial charge in [0.15, 0.2) is 0 Å². The van der Waals surface area contributed by atoms with Crippen LogP contribution in [0, 0.1) is 12.7 Å². The molecule has 1 saturated heterocycles. The average Bonchev–Trinajstić information content (AvgIpc) is 3.35. The third kappa shape index (κ3) is 3.90. The number of imide groups is 1. The van der Waals surface area contributed by atoms with E-state index in [9.17, 15) is 18.8 Å². The Morgan fingerprint density at radius 1 is 1.12 bits per heavy atom. The Morgan fingerprint density at radius 2 is 1.91 bits per heavy atom. The summed E-state index contributed by atoms with van der Waals surface area (Å²) in [5.41, 5.74) is 2.06. The number of nitrogens with one attached hydrogen (secondary N) is 1. The van der Waals surface area contributed by atoms with Crippen LogP contribution < -0.4 is 5.32 Å². The molecule has 1 aliphatic rings. The number of ether oxygens (including phenoxy) is 1. The van der Waals surface area contributed by atoms with E-state index in [1.165, 1.54) is 31.4 Å². The van der Waals surface area contributed by atoms with E-state index < -0.39 is 23.7 Å². The number of urea groups is 1. The molecule has 4 rings (SSSR count). The maximum atomic E-state index is 13.9. The molecule has 1 N–H and O–H groups in total. The Bertz CT molecular complexity index is 1260. The first-order valence-electron chi connectivity index (χ1n) is 9.75. The lowest BCUT2D eigenvalue weighted by molar-refractivity contribution is -0.123. The van der Waals surface area contributed by atoms with Crippen LogP contribution in [0.15, 0.2) is 64.7 Å². The minimum absolute atomic E-state index is 0.0206. The van der Waals surface area contributed by atoms with Crippen molar-refractivity contribution >= 4 is 24.0 Å². The van der Waals surface area contributed by atoms with Crippen molar-refractivity contribution in [3.05, 3.63) is 88.6 Å². The number of methoxy groups -OCH3 is 1. The van der Waals surface area contributed by atoms with E-state index >= 15 is 0 Å². The molecule has 0 atom stereocenters. The highest BCUT2D eigenvalue weighted by atomic mass is 19.1. The molecule has 8 heteroatoms. The number of halogens is 1. The number of benzene rings is 2. The smallest absolute Gasteiger partial charge is 0.338 e. The molecule has 1 aliphatic heterocycles. The number of nitrogens with zero attached hydrogens (tertiary/aromatic N) is 1. The molecule has 1 aromatic heterocycles. The molecule has 0 saturated carbocycles. The Hall–Kier alpha value is -4.20. The number of carbonyl (C=O) groups excluding carboxylic acids is 3. The predicted molar refractivity (Wildman–Crippen MR) is 114 cm³/mol. The van der Waals surface area contributed by atoms with Gasteiger partial charge in [0.1, 0.15) is 23.0 Å². The SMILES string of the molecule is COC(=O)c1cccc(-c2ccc(/C=C3/NC(=O)N(Cc4ccccc4F)C3=O)o2)c1C. The van der Waals surface area contributed by atoms with E-state index in [4.69, 9.17) is 9.15 Å². The van der Waals surface area contributed by atoms with E-state index in [0.717, 1.165) is 4.90 Å². The van der Waals surface area contributed by atoms with Crippen LogP contribution >= 0.6 is 0 Å². The zero-order valence-corrected chi connectivity index (χ0v) is 17.3. The van der Waals surface area contributed by atoms with Crippen molar-refractivity contribution in [2.24, 2.45) is 0 Å². The normalized spacial score (nSPS) is 14.7. The number of esters is 1. The summed E-state index contributed by atoms with van der Waals surface area (Å²) in [6.07, 6.45) is 1.41. The number of carbonyl (C=O) groups is 3. The summed E-state index contributed by atoms with van der Waals surface area (Å²) >= 11 is 0. The van der Waals surface area contributed by atoms with Gasteiger partial charge in [0, 0.05) is 17.2 Å². The maximum Gasteiger partial charge on any atom is 0.338 e. The van der Waals surface area contributed by atoms with Gasteiger partial charge < -0.3 is 14.5 Å². The highest BCUT2D eigenvalue weighted by Crippen LogP contribution is 2.29. The average molecular weight is 434 g/mol. The second kappa shape index (κ2) is 8.50. The van der Waals surface area contributed by atoms with Crippen molar-refractivity contribution in [1.82, 2.24) is 10.2 Å². The Morgan fingerprint density at radius 3 is 2.66 bits per heavy atom. The van der Waals surface area contributed by atoms with Crippen molar-refractivity contribution in [3.8, 4) is 11.3 Å².